The van der Waals surface area contributed by atoms with Crippen LogP contribution in [0.1, 0.15) is 55.5 Å². The van der Waals surface area contributed by atoms with Gasteiger partial charge in [-0.15, -0.1) is 0 Å². The van der Waals surface area contributed by atoms with Crippen molar-refractivity contribution in [1.29, 1.82) is 0 Å². The summed E-state index contributed by atoms with van der Waals surface area (Å²) in [6, 6.07) is 21.8. The van der Waals surface area contributed by atoms with Crippen molar-refractivity contribution in [2.45, 2.75) is 56.6 Å². The number of benzene rings is 3. The van der Waals surface area contributed by atoms with E-state index in [1.165, 1.54) is 0 Å². The molecule has 5 rings (SSSR count). The van der Waals surface area contributed by atoms with Crippen molar-refractivity contribution in [1.82, 2.24) is 5.32 Å². The van der Waals surface area contributed by atoms with Gasteiger partial charge >= 0.3 is 0 Å². The van der Waals surface area contributed by atoms with Crippen LogP contribution in [-0.4, -0.2) is 60.9 Å². The minimum absolute atomic E-state index is 0.0250. The quantitative estimate of drug-likeness (QED) is 0.429. The fourth-order valence-electron chi connectivity index (χ4n) is 7.52. The Bertz CT molecular complexity index is 1290. The normalized spacial score (nSPS) is 29.7. The number of phenolic OH excluding ortho intramolecular Hbond substituents is 1. The predicted octanol–water partition coefficient (Wildman–Crippen LogP) is 5.66. The molecule has 2 fully saturated rings. The number of carbonyl (C=O) groups excluding carboxylic acids is 1. The van der Waals surface area contributed by atoms with E-state index in [0.717, 1.165) is 66.1 Å². The Balaban J connectivity index is 1.46. The summed E-state index contributed by atoms with van der Waals surface area (Å²) in [5.41, 5.74) is 1.18. The second-order valence-corrected chi connectivity index (χ2v) is 12.1. The van der Waals surface area contributed by atoms with Crippen molar-refractivity contribution < 1.29 is 19.1 Å². The van der Waals surface area contributed by atoms with Crippen LogP contribution in [0.3, 0.4) is 0 Å². The van der Waals surface area contributed by atoms with Crippen molar-refractivity contribution in [3.63, 3.8) is 0 Å². The summed E-state index contributed by atoms with van der Waals surface area (Å²) in [4.78, 5) is 13.4. The van der Waals surface area contributed by atoms with E-state index in [1.54, 1.807) is 6.07 Å². The third-order valence-corrected chi connectivity index (χ3v) is 9.02. The number of fused-ring (bicyclic) bond motifs is 2. The Morgan fingerprint density at radius 3 is 2.59 bits per heavy atom. The summed E-state index contributed by atoms with van der Waals surface area (Å²) in [6.45, 7) is 7.68. The minimum atomic E-state index is -0.354. The molecule has 1 unspecified atom stereocenters. The molecule has 1 saturated carbocycles. The number of hydrogen-bond acceptors (Lipinski definition) is 3. The van der Waals surface area contributed by atoms with Crippen LogP contribution in [0.5, 0.6) is 5.75 Å². The highest BCUT2D eigenvalue weighted by Crippen LogP contribution is 2.55. The molecule has 0 aromatic heterocycles. The van der Waals surface area contributed by atoms with Crippen LogP contribution in [0, 0.1) is 5.92 Å². The Morgan fingerprint density at radius 2 is 1.86 bits per heavy atom. The first-order chi connectivity index (χ1) is 17.7. The van der Waals surface area contributed by atoms with Gasteiger partial charge in [-0.2, -0.15) is 0 Å². The third-order valence-electron chi connectivity index (χ3n) is 9.02. The van der Waals surface area contributed by atoms with Crippen molar-refractivity contribution in [2.24, 2.45) is 5.92 Å². The van der Waals surface area contributed by atoms with Crippen molar-refractivity contribution >= 4 is 16.7 Å². The number of rotatable bonds is 6. The molecule has 0 bridgehead atoms. The van der Waals surface area contributed by atoms with Gasteiger partial charge in [-0.3, -0.25) is 4.79 Å². The van der Waals surface area contributed by atoms with E-state index < -0.39 is 0 Å². The molecule has 1 heterocycles. The molecule has 3 aromatic rings. The number of ether oxygens (including phenoxy) is 1. The molecule has 196 valence electrons. The number of phenols is 1. The van der Waals surface area contributed by atoms with E-state index in [9.17, 15) is 9.90 Å². The lowest BCUT2D eigenvalue weighted by Gasteiger charge is -2.61. The number of amides is 1. The Morgan fingerprint density at radius 1 is 1.08 bits per heavy atom. The summed E-state index contributed by atoms with van der Waals surface area (Å²) in [7, 11) is 4.22. The maximum atomic E-state index is 13.4. The van der Waals surface area contributed by atoms with Crippen molar-refractivity contribution in [2.75, 3.05) is 33.8 Å². The molecule has 0 radical (unpaired) electrons. The van der Waals surface area contributed by atoms with E-state index in [2.05, 4.69) is 38.3 Å². The standard InChI is InChI=1S/C32H40N2O3/c1-23(2)21-34(3)17-16-31(27-10-7-11-29(35)19-27)20-28(14-15-32(31,22-34)37-4)33-30(36)26-13-12-24-8-5-6-9-25(24)18-26/h5-13,18-19,23,28H,14-17,20-22H2,1-4H3,(H-,33,35,36)/p+1/t28-,31+,32?,34-/m0/s1. The second-order valence-electron chi connectivity index (χ2n) is 12.1. The molecule has 5 nitrogen and oxygen atoms in total. The van der Waals surface area contributed by atoms with Crippen LogP contribution in [-0.2, 0) is 10.2 Å². The van der Waals surface area contributed by atoms with Crippen LogP contribution >= 0.6 is 0 Å². The molecule has 2 N–H and O–H groups in total. The molecule has 3 aromatic carbocycles. The molecule has 5 heteroatoms. The molecular formula is C32H41N2O3+. The van der Waals surface area contributed by atoms with Crippen LogP contribution in [0.15, 0.2) is 66.7 Å². The summed E-state index contributed by atoms with van der Waals surface area (Å²) in [5.74, 6) is 0.858. The molecule has 1 amide bonds. The summed E-state index contributed by atoms with van der Waals surface area (Å²) in [5, 5.41) is 16.0. The third kappa shape index (κ3) is 4.75. The monoisotopic (exact) mass is 501 g/mol. The lowest BCUT2D eigenvalue weighted by Crippen LogP contribution is -2.72. The number of aromatic hydroxyl groups is 1. The smallest absolute Gasteiger partial charge is 0.251 e. The first-order valence-corrected chi connectivity index (χ1v) is 13.7. The maximum Gasteiger partial charge on any atom is 0.251 e. The van der Waals surface area contributed by atoms with Gasteiger partial charge in [0.05, 0.1) is 20.1 Å². The van der Waals surface area contributed by atoms with E-state index in [0.29, 0.717) is 11.5 Å². The number of nitrogens with zero attached hydrogens (tertiary/aromatic N) is 1. The highest BCUT2D eigenvalue weighted by molar-refractivity contribution is 5.98. The van der Waals surface area contributed by atoms with Crippen LogP contribution < -0.4 is 5.32 Å². The average Bonchev–Trinajstić information content (AvgIpc) is 2.88. The highest BCUT2D eigenvalue weighted by atomic mass is 16.5. The number of quaternary nitrogens is 1. The van der Waals surface area contributed by atoms with Gasteiger partial charge in [0.25, 0.3) is 5.91 Å². The van der Waals surface area contributed by atoms with Gasteiger partial charge in [-0.05, 0) is 59.9 Å². The zero-order valence-electron chi connectivity index (χ0n) is 22.7. The maximum absolute atomic E-state index is 13.4. The Hall–Kier alpha value is -2.89. The van der Waals surface area contributed by atoms with Gasteiger partial charge in [-0.25, -0.2) is 0 Å². The van der Waals surface area contributed by atoms with E-state index in [4.69, 9.17) is 4.74 Å². The Kier molecular flexibility index (Phi) is 6.80. The summed E-state index contributed by atoms with van der Waals surface area (Å²) >= 11 is 0. The molecule has 1 aliphatic heterocycles. The minimum Gasteiger partial charge on any atom is -0.508 e. The van der Waals surface area contributed by atoms with Gasteiger partial charge in [0.1, 0.15) is 17.9 Å². The van der Waals surface area contributed by atoms with Gasteiger partial charge < -0.3 is 19.6 Å². The van der Waals surface area contributed by atoms with Crippen LogP contribution in [0.2, 0.25) is 0 Å². The van der Waals surface area contributed by atoms with Crippen LogP contribution in [0.25, 0.3) is 10.8 Å². The van der Waals surface area contributed by atoms with E-state index >= 15 is 0 Å². The number of carbonyl (C=O) groups is 1. The second kappa shape index (κ2) is 9.77. The van der Waals surface area contributed by atoms with Crippen LogP contribution in [0.4, 0.5) is 0 Å². The first-order valence-electron chi connectivity index (χ1n) is 13.7. The molecule has 4 atom stereocenters. The van der Waals surface area contributed by atoms with Gasteiger partial charge in [-0.1, -0.05) is 56.3 Å². The number of piperidine rings is 1. The fraction of sp³-hybridized carbons (Fsp3) is 0.469. The first kappa shape index (κ1) is 25.7. The number of methoxy groups -OCH3 is 1. The fourth-order valence-corrected chi connectivity index (χ4v) is 7.52. The van der Waals surface area contributed by atoms with Crippen molar-refractivity contribution in [3.05, 3.63) is 77.9 Å². The lowest BCUT2D eigenvalue weighted by molar-refractivity contribution is -0.926. The lowest BCUT2D eigenvalue weighted by atomic mass is 9.54. The van der Waals surface area contributed by atoms with E-state index in [1.807, 2.05) is 55.6 Å². The van der Waals surface area contributed by atoms with E-state index in [-0.39, 0.29) is 28.7 Å². The molecule has 37 heavy (non-hydrogen) atoms. The zero-order chi connectivity index (χ0) is 26.3. The molecular weight excluding hydrogens is 460 g/mol. The van der Waals surface area contributed by atoms with Gasteiger partial charge in [0.2, 0.25) is 0 Å². The van der Waals surface area contributed by atoms with Gasteiger partial charge in [0.15, 0.2) is 0 Å². The molecule has 1 saturated heterocycles. The highest BCUT2D eigenvalue weighted by Gasteiger charge is 2.62. The number of likely N-dealkylation sites (tertiary alicyclic amines) is 1. The average molecular weight is 502 g/mol. The number of likely N-dealkylation sites (N-methyl/N-ethyl adjacent to an activating group) is 1. The largest absolute Gasteiger partial charge is 0.508 e. The SMILES string of the molecule is COC12CC[C@H](NC(=O)c3ccc4ccccc4c3)C[C@@]1(c1cccc(O)c1)CC[N@@+](C)(CC(C)C)C2. The topological polar surface area (TPSA) is 58.6 Å². The summed E-state index contributed by atoms with van der Waals surface area (Å²) in [6.07, 6.45) is 3.49. The molecule has 0 spiro atoms. The number of nitrogens with one attached hydrogen (secondary N) is 1. The number of hydrogen-bond donors (Lipinski definition) is 2. The van der Waals surface area contributed by atoms with Gasteiger partial charge in [0, 0.05) is 36.5 Å². The van der Waals surface area contributed by atoms with Crippen molar-refractivity contribution in [3.8, 4) is 5.75 Å². The molecule has 1 aliphatic carbocycles. The predicted molar refractivity (Wildman–Crippen MR) is 149 cm³/mol. The summed E-state index contributed by atoms with van der Waals surface area (Å²) < 4.78 is 7.52. The molecule has 2 aliphatic rings. The Labute approximate surface area is 221 Å². The zero-order valence-corrected chi connectivity index (χ0v) is 22.7.